The average molecular weight is 324 g/mol. The number of thioether (sulfide) groups is 1. The minimum Gasteiger partial charge on any atom is -0.279 e. The number of fused-ring (bicyclic) bond motifs is 1. The van der Waals surface area contributed by atoms with Gasteiger partial charge in [-0.3, -0.25) is 4.40 Å². The molecule has 1 unspecified atom stereocenters. The number of hydrogen-bond donors (Lipinski definition) is 1. The molecule has 1 fully saturated rings. The van der Waals surface area contributed by atoms with Gasteiger partial charge in [0, 0.05) is 23.4 Å². The van der Waals surface area contributed by atoms with Gasteiger partial charge in [0.2, 0.25) is 0 Å². The Morgan fingerprint density at radius 3 is 3.11 bits per heavy atom. The maximum Gasteiger partial charge on any atom is 0.260 e. The van der Waals surface area contributed by atoms with Crippen LogP contribution < -0.4 is 4.72 Å². The van der Waals surface area contributed by atoms with Crippen LogP contribution >= 0.6 is 34.7 Å². The van der Waals surface area contributed by atoms with E-state index < -0.39 is 10.0 Å². The van der Waals surface area contributed by atoms with E-state index >= 15 is 0 Å². The molecule has 0 spiro atoms. The second-order valence-electron chi connectivity index (χ2n) is 3.95. The summed E-state index contributed by atoms with van der Waals surface area (Å²) in [6.45, 7) is 0. The van der Waals surface area contributed by atoms with Crippen LogP contribution in [-0.2, 0) is 10.0 Å². The van der Waals surface area contributed by atoms with Gasteiger partial charge in [0.15, 0.2) is 15.1 Å². The zero-order valence-corrected chi connectivity index (χ0v) is 12.4. The molecule has 1 aliphatic heterocycles. The van der Waals surface area contributed by atoms with Gasteiger partial charge < -0.3 is 0 Å². The molecule has 0 amide bonds. The summed E-state index contributed by atoms with van der Waals surface area (Å²) in [4.78, 5) is 4.62. The van der Waals surface area contributed by atoms with Gasteiger partial charge in [0.05, 0.1) is 0 Å². The Morgan fingerprint density at radius 1 is 1.56 bits per heavy atom. The summed E-state index contributed by atoms with van der Waals surface area (Å²) in [7, 11) is -3.62. The van der Waals surface area contributed by atoms with Crippen molar-refractivity contribution in [3.63, 3.8) is 0 Å². The Morgan fingerprint density at radius 2 is 2.39 bits per heavy atom. The van der Waals surface area contributed by atoms with Crippen molar-refractivity contribution < 1.29 is 8.42 Å². The minimum absolute atomic E-state index is 0.0137. The smallest absolute Gasteiger partial charge is 0.260 e. The van der Waals surface area contributed by atoms with Crippen LogP contribution in [0.5, 0.6) is 0 Å². The standard InChI is InChI=1S/C9H10ClN3O2S3/c10-7-8(13-2-4-17-9(13)11-7)18(14,15)12-6-1-3-16-5-6/h2,4,6,12H,1,3,5H2. The molecule has 1 aliphatic rings. The van der Waals surface area contributed by atoms with Crippen LogP contribution in [0.25, 0.3) is 4.96 Å². The van der Waals surface area contributed by atoms with Gasteiger partial charge in [-0.2, -0.15) is 11.8 Å². The number of nitrogens with zero attached hydrogens (tertiary/aromatic N) is 2. The molecule has 9 heteroatoms. The lowest BCUT2D eigenvalue weighted by atomic mass is 10.3. The van der Waals surface area contributed by atoms with Crippen molar-refractivity contribution in [2.75, 3.05) is 11.5 Å². The number of nitrogens with one attached hydrogen (secondary N) is 1. The van der Waals surface area contributed by atoms with E-state index in [2.05, 4.69) is 9.71 Å². The van der Waals surface area contributed by atoms with Crippen LogP contribution in [0.1, 0.15) is 6.42 Å². The lowest BCUT2D eigenvalue weighted by molar-refractivity contribution is 0.558. The van der Waals surface area contributed by atoms with Gasteiger partial charge in [0.1, 0.15) is 0 Å². The summed E-state index contributed by atoms with van der Waals surface area (Å²) in [5.41, 5.74) is 0. The molecule has 98 valence electrons. The molecule has 0 aromatic carbocycles. The zero-order chi connectivity index (χ0) is 12.8. The predicted octanol–water partition coefficient (Wildman–Crippen LogP) is 1.83. The van der Waals surface area contributed by atoms with Crippen molar-refractivity contribution in [2.45, 2.75) is 17.5 Å². The van der Waals surface area contributed by atoms with Gasteiger partial charge in [-0.05, 0) is 12.2 Å². The summed E-state index contributed by atoms with van der Waals surface area (Å²) in [5.74, 6) is 1.80. The summed E-state index contributed by atoms with van der Waals surface area (Å²) in [6.07, 6.45) is 2.52. The molecular formula is C9H10ClN3O2S3. The highest BCUT2D eigenvalue weighted by Crippen LogP contribution is 2.26. The van der Waals surface area contributed by atoms with Crippen LogP contribution in [0.2, 0.25) is 5.15 Å². The number of sulfonamides is 1. The van der Waals surface area contributed by atoms with E-state index in [1.54, 1.807) is 23.3 Å². The molecule has 0 bridgehead atoms. The van der Waals surface area contributed by atoms with Crippen molar-refractivity contribution in [3.8, 4) is 0 Å². The lowest BCUT2D eigenvalue weighted by Gasteiger charge is -2.11. The second kappa shape index (κ2) is 4.68. The van der Waals surface area contributed by atoms with E-state index in [0.717, 1.165) is 17.9 Å². The van der Waals surface area contributed by atoms with Crippen molar-refractivity contribution in [3.05, 3.63) is 16.7 Å². The molecule has 3 rings (SSSR count). The first kappa shape index (κ1) is 12.7. The molecule has 1 atom stereocenters. The molecule has 0 radical (unpaired) electrons. The van der Waals surface area contributed by atoms with Crippen molar-refractivity contribution in [1.82, 2.24) is 14.1 Å². The van der Waals surface area contributed by atoms with E-state index in [1.165, 1.54) is 15.7 Å². The SMILES string of the molecule is O=S(=O)(NC1CCSC1)c1c(Cl)nc2sccn12. The largest absolute Gasteiger partial charge is 0.279 e. The molecule has 18 heavy (non-hydrogen) atoms. The van der Waals surface area contributed by atoms with Crippen molar-refractivity contribution in [1.29, 1.82) is 0 Å². The number of imidazole rings is 1. The second-order valence-corrected chi connectivity index (χ2v) is 7.96. The first-order valence-corrected chi connectivity index (χ1v) is 9.18. The van der Waals surface area contributed by atoms with E-state index in [0.29, 0.717) is 4.96 Å². The van der Waals surface area contributed by atoms with E-state index in [4.69, 9.17) is 11.6 Å². The minimum atomic E-state index is -3.62. The van der Waals surface area contributed by atoms with Crippen LogP contribution in [0.15, 0.2) is 16.6 Å². The fraction of sp³-hybridized carbons (Fsp3) is 0.444. The Kier molecular flexibility index (Phi) is 3.31. The maximum absolute atomic E-state index is 12.3. The van der Waals surface area contributed by atoms with Crippen molar-refractivity contribution >= 4 is 49.7 Å². The average Bonchev–Trinajstić information content (AvgIpc) is 2.92. The summed E-state index contributed by atoms with van der Waals surface area (Å²) < 4.78 is 28.8. The summed E-state index contributed by atoms with van der Waals surface area (Å²) >= 11 is 9.03. The fourth-order valence-corrected chi connectivity index (χ4v) is 5.86. The summed E-state index contributed by atoms with van der Waals surface area (Å²) in [6, 6.07) is -0.0137. The van der Waals surface area contributed by atoms with Crippen LogP contribution in [0, 0.1) is 0 Å². The first-order chi connectivity index (χ1) is 8.58. The predicted molar refractivity (Wildman–Crippen MR) is 74.1 cm³/mol. The molecular weight excluding hydrogens is 314 g/mol. The molecule has 1 N–H and O–H groups in total. The quantitative estimate of drug-likeness (QED) is 0.936. The molecule has 5 nitrogen and oxygen atoms in total. The highest BCUT2D eigenvalue weighted by atomic mass is 35.5. The normalized spacial score (nSPS) is 20.8. The zero-order valence-electron chi connectivity index (χ0n) is 9.17. The van der Waals surface area contributed by atoms with Gasteiger partial charge in [-0.15, -0.1) is 11.3 Å². The fourth-order valence-electron chi connectivity index (χ4n) is 1.88. The third-order valence-electron chi connectivity index (χ3n) is 2.68. The molecule has 3 heterocycles. The molecule has 2 aromatic heterocycles. The Labute approximate surface area is 118 Å². The van der Waals surface area contributed by atoms with E-state index in [9.17, 15) is 8.42 Å². The van der Waals surface area contributed by atoms with E-state index in [1.807, 2.05) is 0 Å². The highest BCUT2D eigenvalue weighted by Gasteiger charge is 2.29. The molecule has 1 saturated heterocycles. The van der Waals surface area contributed by atoms with Gasteiger partial charge >= 0.3 is 0 Å². The van der Waals surface area contributed by atoms with Crippen LogP contribution in [-0.4, -0.2) is 35.4 Å². The maximum atomic E-state index is 12.3. The first-order valence-electron chi connectivity index (χ1n) is 5.29. The third kappa shape index (κ3) is 2.16. The summed E-state index contributed by atoms with van der Waals surface area (Å²) in [5, 5.41) is 1.85. The number of rotatable bonds is 3. The monoisotopic (exact) mass is 323 g/mol. The molecule has 0 saturated carbocycles. The molecule has 2 aromatic rings. The number of aromatic nitrogens is 2. The van der Waals surface area contributed by atoms with E-state index in [-0.39, 0.29) is 16.2 Å². The molecule has 0 aliphatic carbocycles. The van der Waals surface area contributed by atoms with Crippen molar-refractivity contribution in [2.24, 2.45) is 0 Å². The highest BCUT2D eigenvalue weighted by molar-refractivity contribution is 7.99. The Bertz CT molecular complexity index is 672. The van der Waals surface area contributed by atoms with Crippen LogP contribution in [0.3, 0.4) is 0 Å². The number of halogens is 1. The van der Waals surface area contributed by atoms with Gasteiger partial charge in [-0.1, -0.05) is 11.6 Å². The number of hydrogen-bond acceptors (Lipinski definition) is 5. The lowest BCUT2D eigenvalue weighted by Crippen LogP contribution is -2.35. The van der Waals surface area contributed by atoms with Gasteiger partial charge in [0.25, 0.3) is 10.0 Å². The third-order valence-corrected chi connectivity index (χ3v) is 6.52. The van der Waals surface area contributed by atoms with Gasteiger partial charge in [-0.25, -0.2) is 18.1 Å². The number of thiazole rings is 1. The Balaban J connectivity index is 2.01. The Hall–Kier alpha value is -0.280. The van der Waals surface area contributed by atoms with Crippen LogP contribution in [0.4, 0.5) is 0 Å². The topological polar surface area (TPSA) is 63.5 Å².